The van der Waals surface area contributed by atoms with Crippen molar-refractivity contribution >= 4 is 41.3 Å². The van der Waals surface area contributed by atoms with Gasteiger partial charge >= 0.3 is 12.1 Å². The monoisotopic (exact) mass is 668 g/mol. The number of hydrogen-bond donors (Lipinski definition) is 1. The van der Waals surface area contributed by atoms with Crippen LogP contribution in [0.5, 0.6) is 5.88 Å². The van der Waals surface area contributed by atoms with E-state index in [9.17, 15) is 19.2 Å². The standard InChI is InChI=1S/C36H36N4O7S/c1-36(2,3)47-35(44)38-28-32(42)40-29(34(43)46-30(22-11-7-5-8-12-22)23-13-9-6-10-14-23)25(21-48-33(28)40)19-24-17-18-39(31(24)41)26-15-16-27(45-4)37-20-26/h5-16,19-21,28-30,33H,17-18H2,1-4H3,(H,38,44)/t28-,29-,33-/m1/s1. The van der Waals surface area contributed by atoms with Crippen LogP contribution in [0.4, 0.5) is 10.5 Å². The summed E-state index contributed by atoms with van der Waals surface area (Å²) < 4.78 is 16.8. The zero-order chi connectivity index (χ0) is 34.0. The number of amides is 3. The predicted molar refractivity (Wildman–Crippen MR) is 180 cm³/mol. The third-order valence-electron chi connectivity index (χ3n) is 8.06. The van der Waals surface area contributed by atoms with Crippen LogP contribution >= 0.6 is 11.8 Å². The molecule has 1 aromatic heterocycles. The average Bonchev–Trinajstić information content (AvgIpc) is 3.44. The molecule has 3 aliphatic heterocycles. The van der Waals surface area contributed by atoms with Crippen molar-refractivity contribution in [3.05, 3.63) is 113 Å². The van der Waals surface area contributed by atoms with E-state index < -0.39 is 47.1 Å². The highest BCUT2D eigenvalue weighted by atomic mass is 32.2. The van der Waals surface area contributed by atoms with Gasteiger partial charge in [0.15, 0.2) is 12.1 Å². The van der Waals surface area contributed by atoms with Crippen molar-refractivity contribution in [2.24, 2.45) is 0 Å². The molecule has 11 nitrogen and oxygen atoms in total. The zero-order valence-corrected chi connectivity index (χ0v) is 27.8. The number of rotatable bonds is 8. The van der Waals surface area contributed by atoms with E-state index in [0.29, 0.717) is 35.7 Å². The number of benzene rings is 2. The molecule has 1 N–H and O–H groups in total. The highest BCUT2D eigenvalue weighted by Crippen LogP contribution is 2.42. The van der Waals surface area contributed by atoms with Crippen LogP contribution in [0.15, 0.2) is 102 Å². The summed E-state index contributed by atoms with van der Waals surface area (Å²) in [4.78, 5) is 61.4. The molecule has 12 heteroatoms. The van der Waals surface area contributed by atoms with E-state index in [4.69, 9.17) is 14.2 Å². The molecular formula is C36H36N4O7S. The smallest absolute Gasteiger partial charge is 0.408 e. The fourth-order valence-electron chi connectivity index (χ4n) is 5.82. The quantitative estimate of drug-likeness (QED) is 0.197. The second-order valence-electron chi connectivity index (χ2n) is 12.5. The summed E-state index contributed by atoms with van der Waals surface area (Å²) in [6.45, 7) is 5.62. The minimum Gasteiger partial charge on any atom is -0.481 e. The van der Waals surface area contributed by atoms with Gasteiger partial charge in [0.1, 0.15) is 17.0 Å². The lowest BCUT2D eigenvalue weighted by atomic mass is 9.95. The maximum Gasteiger partial charge on any atom is 0.408 e. The Hall–Kier alpha value is -5.10. The fraction of sp³-hybridized carbons (Fsp3) is 0.306. The van der Waals surface area contributed by atoms with E-state index >= 15 is 0 Å². The number of ether oxygens (including phenoxy) is 3. The Balaban J connectivity index is 1.31. The maximum absolute atomic E-state index is 14.3. The largest absolute Gasteiger partial charge is 0.481 e. The first-order valence-corrected chi connectivity index (χ1v) is 16.5. The molecule has 3 aliphatic rings. The van der Waals surface area contributed by atoms with Gasteiger partial charge < -0.3 is 29.3 Å². The van der Waals surface area contributed by atoms with Gasteiger partial charge in [0.2, 0.25) is 11.8 Å². The number of methoxy groups -OCH3 is 1. The van der Waals surface area contributed by atoms with Crippen molar-refractivity contribution in [1.29, 1.82) is 0 Å². The van der Waals surface area contributed by atoms with Gasteiger partial charge in [-0.15, -0.1) is 11.8 Å². The van der Waals surface area contributed by atoms with Crippen LogP contribution in [0.25, 0.3) is 0 Å². The molecule has 3 amide bonds. The third-order valence-corrected chi connectivity index (χ3v) is 9.24. The molecule has 2 aromatic carbocycles. The van der Waals surface area contributed by atoms with Crippen molar-refractivity contribution in [2.75, 3.05) is 18.6 Å². The van der Waals surface area contributed by atoms with Crippen LogP contribution < -0.4 is 15.0 Å². The topological polar surface area (TPSA) is 127 Å². The van der Waals surface area contributed by atoms with Crippen LogP contribution in [0.2, 0.25) is 0 Å². The second-order valence-corrected chi connectivity index (χ2v) is 13.5. The van der Waals surface area contributed by atoms with Gasteiger partial charge in [-0.2, -0.15) is 0 Å². The van der Waals surface area contributed by atoms with Gasteiger partial charge in [-0.1, -0.05) is 60.7 Å². The lowest BCUT2D eigenvalue weighted by Gasteiger charge is -2.51. The van der Waals surface area contributed by atoms with Crippen LogP contribution in [-0.4, -0.2) is 70.5 Å². The second kappa shape index (κ2) is 13.6. The number of esters is 1. The molecule has 0 spiro atoms. The molecule has 0 unspecified atom stereocenters. The van der Waals surface area contributed by atoms with Crippen molar-refractivity contribution in [3.63, 3.8) is 0 Å². The Morgan fingerprint density at radius 3 is 2.25 bits per heavy atom. The number of aromatic nitrogens is 1. The highest BCUT2D eigenvalue weighted by Gasteiger charge is 2.56. The maximum atomic E-state index is 14.3. The molecule has 2 saturated heterocycles. The van der Waals surface area contributed by atoms with E-state index in [-0.39, 0.29) is 5.91 Å². The number of nitrogens with zero attached hydrogens (tertiary/aromatic N) is 3. The average molecular weight is 669 g/mol. The number of nitrogens with one attached hydrogen (secondary N) is 1. The van der Waals surface area contributed by atoms with Gasteiger partial charge in [0.05, 0.1) is 19.0 Å². The zero-order valence-electron chi connectivity index (χ0n) is 27.0. The first-order valence-electron chi connectivity index (χ1n) is 15.5. The van der Waals surface area contributed by atoms with Gasteiger partial charge in [0.25, 0.3) is 5.91 Å². The van der Waals surface area contributed by atoms with Gasteiger partial charge in [-0.3, -0.25) is 9.59 Å². The van der Waals surface area contributed by atoms with E-state index in [2.05, 4.69) is 10.3 Å². The minimum absolute atomic E-state index is 0.229. The number of β-lactam (4-membered cyclic amide) rings is 1. The van der Waals surface area contributed by atoms with Crippen molar-refractivity contribution in [1.82, 2.24) is 15.2 Å². The summed E-state index contributed by atoms with van der Waals surface area (Å²) in [6.07, 6.45) is 2.20. The number of hydrogen-bond acceptors (Lipinski definition) is 9. The summed E-state index contributed by atoms with van der Waals surface area (Å²) in [6, 6.07) is 20.1. The molecule has 3 atom stereocenters. The Kier molecular flexibility index (Phi) is 9.27. The van der Waals surface area contributed by atoms with Crippen LogP contribution in [-0.2, 0) is 23.9 Å². The number of alkyl carbamates (subject to hydrolysis) is 1. The van der Waals surface area contributed by atoms with Gasteiger partial charge in [-0.25, -0.2) is 14.6 Å². The van der Waals surface area contributed by atoms with Crippen LogP contribution in [0.1, 0.15) is 44.4 Å². The lowest BCUT2D eigenvalue weighted by molar-refractivity contribution is -0.164. The summed E-state index contributed by atoms with van der Waals surface area (Å²) >= 11 is 1.28. The first kappa shape index (κ1) is 32.8. The summed E-state index contributed by atoms with van der Waals surface area (Å²) in [7, 11) is 1.52. The van der Waals surface area contributed by atoms with E-state index in [1.807, 2.05) is 60.7 Å². The van der Waals surface area contributed by atoms with E-state index in [1.54, 1.807) is 55.5 Å². The number of fused-ring (bicyclic) bond motifs is 1. The Morgan fingerprint density at radius 1 is 1.00 bits per heavy atom. The molecule has 3 aromatic rings. The number of anilines is 1. The molecule has 0 radical (unpaired) electrons. The van der Waals surface area contributed by atoms with Gasteiger partial charge in [0, 0.05) is 18.2 Å². The molecule has 248 valence electrons. The van der Waals surface area contributed by atoms with E-state index in [1.165, 1.54) is 23.8 Å². The number of carbonyl (C=O) groups is 4. The first-order chi connectivity index (χ1) is 23.0. The molecule has 0 bridgehead atoms. The van der Waals surface area contributed by atoms with Crippen molar-refractivity contribution < 1.29 is 33.4 Å². The van der Waals surface area contributed by atoms with E-state index in [0.717, 1.165) is 11.1 Å². The number of carbonyl (C=O) groups excluding carboxylic acids is 4. The summed E-state index contributed by atoms with van der Waals surface area (Å²) in [5.41, 5.74) is 2.31. The molecular weight excluding hydrogens is 632 g/mol. The van der Waals surface area contributed by atoms with Gasteiger partial charge in [-0.05, 0) is 61.4 Å². The fourth-order valence-corrected chi connectivity index (χ4v) is 7.01. The summed E-state index contributed by atoms with van der Waals surface area (Å²) in [5.74, 6) is -0.909. The Labute approximate surface area is 282 Å². The van der Waals surface area contributed by atoms with Crippen LogP contribution in [0.3, 0.4) is 0 Å². The lowest BCUT2D eigenvalue weighted by Crippen LogP contribution is -2.74. The van der Waals surface area contributed by atoms with Crippen molar-refractivity contribution in [2.45, 2.75) is 56.4 Å². The Morgan fingerprint density at radius 2 is 1.67 bits per heavy atom. The molecule has 4 heterocycles. The summed E-state index contributed by atoms with van der Waals surface area (Å²) in [5, 5.41) is 3.84. The normalized spacial score (nSPS) is 21.4. The highest BCUT2D eigenvalue weighted by molar-refractivity contribution is 8.03. The Bertz CT molecular complexity index is 1720. The van der Waals surface area contributed by atoms with Crippen LogP contribution in [0, 0.1) is 0 Å². The third kappa shape index (κ3) is 6.79. The molecule has 2 fully saturated rings. The molecule has 0 aliphatic carbocycles. The van der Waals surface area contributed by atoms with Crippen molar-refractivity contribution in [3.8, 4) is 5.88 Å². The predicted octanol–water partition coefficient (Wildman–Crippen LogP) is 5.15. The minimum atomic E-state index is -1.16. The molecule has 6 rings (SSSR count). The molecule has 0 saturated carbocycles. The SMILES string of the molecule is COc1ccc(N2CCC(=CC3=CS[C@@H]4[C@H](NC(=O)OC(C)(C)C)C(=O)N4[C@H]3C(=O)OC(c3ccccc3)c3ccccc3)C2=O)cn1. The number of thioether (sulfide) groups is 1. The number of pyridine rings is 1. The molecule has 48 heavy (non-hydrogen) atoms.